The third-order valence-corrected chi connectivity index (χ3v) is 5.59. The minimum Gasteiger partial charge on any atom is -0.491 e. The molecule has 1 heterocycles. The van der Waals surface area contributed by atoms with E-state index in [0.29, 0.717) is 48.2 Å². The Balaban J connectivity index is 1.77. The van der Waals surface area contributed by atoms with Crippen molar-refractivity contribution in [3.05, 3.63) is 53.1 Å². The van der Waals surface area contributed by atoms with Crippen molar-refractivity contribution >= 4 is 34.8 Å². The molecule has 0 aromatic heterocycles. The van der Waals surface area contributed by atoms with E-state index in [0.717, 1.165) is 12.1 Å². The van der Waals surface area contributed by atoms with Crippen LogP contribution in [0.25, 0.3) is 0 Å². The predicted octanol–water partition coefficient (Wildman–Crippen LogP) is 4.44. The van der Waals surface area contributed by atoms with Crippen LogP contribution >= 0.6 is 11.6 Å². The van der Waals surface area contributed by atoms with Gasteiger partial charge in [0.25, 0.3) is 5.91 Å². The number of para-hydroxylation sites is 1. The molecule has 0 bridgehead atoms. The van der Waals surface area contributed by atoms with Gasteiger partial charge in [0.1, 0.15) is 5.75 Å². The molecule has 1 fully saturated rings. The summed E-state index contributed by atoms with van der Waals surface area (Å²) in [6.45, 7) is 8.20. The average Bonchev–Trinajstić information content (AvgIpc) is 2.74. The van der Waals surface area contributed by atoms with Crippen molar-refractivity contribution in [2.75, 3.05) is 36.4 Å². The Bertz CT molecular complexity index is 910. The molecule has 7 heteroatoms. The number of carbonyl (C=O) groups excluding carboxylic acids is 2. The minimum atomic E-state index is -0.226. The Morgan fingerprint density at radius 1 is 1.13 bits per heavy atom. The molecule has 30 heavy (non-hydrogen) atoms. The second kappa shape index (κ2) is 9.85. The number of hydrogen-bond acceptors (Lipinski definition) is 4. The zero-order chi connectivity index (χ0) is 21.7. The van der Waals surface area contributed by atoms with Crippen molar-refractivity contribution in [3.8, 4) is 5.75 Å². The van der Waals surface area contributed by atoms with Crippen LogP contribution in [-0.2, 0) is 4.79 Å². The third kappa shape index (κ3) is 5.25. The van der Waals surface area contributed by atoms with Crippen LogP contribution in [-0.4, -0.2) is 49.0 Å². The van der Waals surface area contributed by atoms with Gasteiger partial charge < -0.3 is 19.9 Å². The van der Waals surface area contributed by atoms with Gasteiger partial charge in [-0.3, -0.25) is 9.59 Å². The van der Waals surface area contributed by atoms with Crippen molar-refractivity contribution in [1.29, 1.82) is 0 Å². The maximum absolute atomic E-state index is 12.9. The molecule has 1 aliphatic heterocycles. The van der Waals surface area contributed by atoms with Crippen LogP contribution in [0.15, 0.2) is 42.5 Å². The molecular formula is C23H28ClN3O3. The minimum absolute atomic E-state index is 0.0711. The standard InChI is InChI=1S/C23H28ClN3O3/c1-4-16(2)30-19-8-5-7-18(15-19)23(29)25-21-10-6-9-20(24)22(21)27-13-11-26(12-14-27)17(3)28/h5-10,15-16H,4,11-14H2,1-3H3,(H,25,29)/t16-/m1/s1. The summed E-state index contributed by atoms with van der Waals surface area (Å²) in [5, 5.41) is 3.56. The van der Waals surface area contributed by atoms with Crippen molar-refractivity contribution in [3.63, 3.8) is 0 Å². The van der Waals surface area contributed by atoms with Crippen molar-refractivity contribution in [2.45, 2.75) is 33.3 Å². The van der Waals surface area contributed by atoms with E-state index in [9.17, 15) is 9.59 Å². The third-order valence-electron chi connectivity index (χ3n) is 5.28. The molecule has 2 aromatic rings. The number of ether oxygens (including phenoxy) is 1. The smallest absolute Gasteiger partial charge is 0.255 e. The number of rotatable bonds is 6. The van der Waals surface area contributed by atoms with Crippen LogP contribution in [0.3, 0.4) is 0 Å². The van der Waals surface area contributed by atoms with Gasteiger partial charge in [-0.2, -0.15) is 0 Å². The highest BCUT2D eigenvalue weighted by Crippen LogP contribution is 2.35. The molecule has 0 saturated carbocycles. The highest BCUT2D eigenvalue weighted by molar-refractivity contribution is 6.34. The largest absolute Gasteiger partial charge is 0.491 e. The molecule has 1 saturated heterocycles. The number of nitrogens with one attached hydrogen (secondary N) is 1. The monoisotopic (exact) mass is 429 g/mol. The molecule has 1 N–H and O–H groups in total. The molecule has 0 radical (unpaired) electrons. The van der Waals surface area contributed by atoms with Crippen molar-refractivity contribution < 1.29 is 14.3 Å². The summed E-state index contributed by atoms with van der Waals surface area (Å²) in [4.78, 5) is 28.5. The Hall–Kier alpha value is -2.73. The Morgan fingerprint density at radius 2 is 1.83 bits per heavy atom. The van der Waals surface area contributed by atoms with E-state index in [2.05, 4.69) is 17.1 Å². The van der Waals surface area contributed by atoms with E-state index < -0.39 is 0 Å². The molecule has 0 spiro atoms. The Kier molecular flexibility index (Phi) is 7.21. The van der Waals surface area contributed by atoms with Gasteiger partial charge in [-0.25, -0.2) is 0 Å². The molecule has 3 rings (SSSR count). The first-order chi connectivity index (χ1) is 14.4. The molecule has 160 valence electrons. The summed E-state index contributed by atoms with van der Waals surface area (Å²) in [6.07, 6.45) is 0.968. The predicted molar refractivity (Wildman–Crippen MR) is 121 cm³/mol. The van der Waals surface area contributed by atoms with Crippen LogP contribution in [0.5, 0.6) is 5.75 Å². The molecule has 1 aliphatic rings. The van der Waals surface area contributed by atoms with E-state index in [4.69, 9.17) is 16.3 Å². The highest BCUT2D eigenvalue weighted by atomic mass is 35.5. The fraction of sp³-hybridized carbons (Fsp3) is 0.391. The maximum Gasteiger partial charge on any atom is 0.255 e. The number of piperazine rings is 1. The maximum atomic E-state index is 12.9. The first-order valence-electron chi connectivity index (χ1n) is 10.3. The van der Waals surface area contributed by atoms with Crippen molar-refractivity contribution in [2.24, 2.45) is 0 Å². The molecule has 6 nitrogen and oxygen atoms in total. The second-order valence-electron chi connectivity index (χ2n) is 7.45. The van der Waals surface area contributed by atoms with Gasteiger partial charge in [-0.1, -0.05) is 30.7 Å². The lowest BCUT2D eigenvalue weighted by Crippen LogP contribution is -2.48. The van der Waals surface area contributed by atoms with Crippen LogP contribution in [0, 0.1) is 0 Å². The molecule has 0 aliphatic carbocycles. The van der Waals surface area contributed by atoms with E-state index >= 15 is 0 Å². The zero-order valence-corrected chi connectivity index (χ0v) is 18.4. The number of nitrogens with zero attached hydrogens (tertiary/aromatic N) is 2. The van der Waals surface area contributed by atoms with Crippen LogP contribution < -0.4 is 15.0 Å². The topological polar surface area (TPSA) is 61.9 Å². The lowest BCUT2D eigenvalue weighted by atomic mass is 10.1. The lowest BCUT2D eigenvalue weighted by Gasteiger charge is -2.37. The first kappa shape index (κ1) is 22.0. The summed E-state index contributed by atoms with van der Waals surface area (Å²) < 4.78 is 5.83. The number of anilines is 2. The van der Waals surface area contributed by atoms with Gasteiger partial charge in [0.05, 0.1) is 22.5 Å². The molecular weight excluding hydrogens is 402 g/mol. The van der Waals surface area contributed by atoms with E-state index in [1.165, 1.54) is 0 Å². The Morgan fingerprint density at radius 3 is 2.50 bits per heavy atom. The fourth-order valence-corrected chi connectivity index (χ4v) is 3.70. The Labute approximate surface area is 182 Å². The number of amides is 2. The normalized spacial score (nSPS) is 14.9. The first-order valence-corrected chi connectivity index (χ1v) is 10.6. The second-order valence-corrected chi connectivity index (χ2v) is 7.85. The van der Waals surface area contributed by atoms with Gasteiger partial charge in [0, 0.05) is 38.7 Å². The van der Waals surface area contributed by atoms with E-state index in [-0.39, 0.29) is 17.9 Å². The highest BCUT2D eigenvalue weighted by Gasteiger charge is 2.23. The average molecular weight is 430 g/mol. The summed E-state index contributed by atoms with van der Waals surface area (Å²) in [5.41, 5.74) is 1.95. The number of benzene rings is 2. The van der Waals surface area contributed by atoms with Gasteiger partial charge in [-0.05, 0) is 43.7 Å². The lowest BCUT2D eigenvalue weighted by molar-refractivity contribution is -0.129. The molecule has 1 atom stereocenters. The quantitative estimate of drug-likeness (QED) is 0.737. The summed E-state index contributed by atoms with van der Waals surface area (Å²) in [6, 6.07) is 12.6. The van der Waals surface area contributed by atoms with Gasteiger partial charge in [0.15, 0.2) is 0 Å². The van der Waals surface area contributed by atoms with E-state index in [1.807, 2.05) is 42.2 Å². The number of halogens is 1. The summed E-state index contributed by atoms with van der Waals surface area (Å²) in [5.74, 6) is 0.515. The molecule has 2 amide bonds. The van der Waals surface area contributed by atoms with Crippen LogP contribution in [0.4, 0.5) is 11.4 Å². The van der Waals surface area contributed by atoms with E-state index in [1.54, 1.807) is 19.1 Å². The summed E-state index contributed by atoms with van der Waals surface area (Å²) in [7, 11) is 0. The fourth-order valence-electron chi connectivity index (χ4n) is 3.40. The molecule has 2 aromatic carbocycles. The van der Waals surface area contributed by atoms with Gasteiger partial charge in [0.2, 0.25) is 5.91 Å². The van der Waals surface area contributed by atoms with Gasteiger partial charge in [-0.15, -0.1) is 0 Å². The number of hydrogen-bond donors (Lipinski definition) is 1. The van der Waals surface area contributed by atoms with Gasteiger partial charge >= 0.3 is 0 Å². The summed E-state index contributed by atoms with van der Waals surface area (Å²) >= 11 is 6.50. The SMILES string of the molecule is CC[C@@H](C)Oc1cccc(C(=O)Nc2cccc(Cl)c2N2CCN(C(C)=O)CC2)c1. The number of carbonyl (C=O) groups is 2. The van der Waals surface area contributed by atoms with Crippen LogP contribution in [0.1, 0.15) is 37.6 Å². The van der Waals surface area contributed by atoms with Crippen LogP contribution in [0.2, 0.25) is 5.02 Å². The van der Waals surface area contributed by atoms with Crippen molar-refractivity contribution in [1.82, 2.24) is 4.90 Å². The molecule has 0 unspecified atom stereocenters. The zero-order valence-electron chi connectivity index (χ0n) is 17.7.